The lowest BCUT2D eigenvalue weighted by atomic mass is 10.0. The fourth-order valence-electron chi connectivity index (χ4n) is 4.69. The van der Waals surface area contributed by atoms with E-state index in [-0.39, 0.29) is 30.7 Å². The molecule has 0 radical (unpaired) electrons. The Hall–Kier alpha value is -4.43. The molecule has 2 amide bonds. The quantitative estimate of drug-likeness (QED) is 0.120. The van der Waals surface area contributed by atoms with Crippen molar-refractivity contribution in [2.24, 2.45) is 10.7 Å². The van der Waals surface area contributed by atoms with Gasteiger partial charge in [0.2, 0.25) is 15.9 Å². The maximum atomic E-state index is 13.8. The van der Waals surface area contributed by atoms with E-state index in [1.807, 2.05) is 0 Å². The van der Waals surface area contributed by atoms with Gasteiger partial charge in [0, 0.05) is 54.2 Å². The smallest absolute Gasteiger partial charge is 0.407 e. The molecule has 0 aliphatic rings. The monoisotopic (exact) mass is 670 g/mol. The summed E-state index contributed by atoms with van der Waals surface area (Å²) in [6.07, 6.45) is 2.49. The summed E-state index contributed by atoms with van der Waals surface area (Å²) in [5.74, 6) is -0.513. The van der Waals surface area contributed by atoms with E-state index >= 15 is 0 Å². The average molecular weight is 671 g/mol. The number of hydrogen-bond donors (Lipinski definition) is 5. The molecule has 0 fully saturated rings. The molecule has 246 valence electrons. The lowest BCUT2D eigenvalue weighted by Gasteiger charge is -2.30. The van der Waals surface area contributed by atoms with Crippen molar-refractivity contribution in [2.45, 2.75) is 36.2 Å². The highest BCUT2D eigenvalue weighted by Gasteiger charge is 2.32. The number of benzene rings is 3. The number of nitrogens with zero attached hydrogens (tertiary/aromatic N) is 2. The number of aliphatic imine (C=N–C) groups is 1. The SMILES string of the molecule is CN=CC(=CN)CN([C@H](CO)CCc1ccccc1NC(=O)[C@H](Cc1ccccc1Cl)NC(=O)OC)S(=O)(=O)c1ccc(N)cc1. The molecule has 0 bridgehead atoms. The first kappa shape index (κ1) is 36.0. The molecule has 3 aromatic carbocycles. The lowest BCUT2D eigenvalue weighted by molar-refractivity contribution is -0.118. The normalized spacial score (nSPS) is 13.4. The van der Waals surface area contributed by atoms with Crippen LogP contribution in [0, 0.1) is 0 Å². The number of aliphatic hydroxyl groups is 1. The molecule has 0 unspecified atom stereocenters. The van der Waals surface area contributed by atoms with Crippen molar-refractivity contribution >= 4 is 51.2 Å². The van der Waals surface area contributed by atoms with Crippen molar-refractivity contribution in [3.63, 3.8) is 0 Å². The van der Waals surface area contributed by atoms with Gasteiger partial charge in [-0.2, -0.15) is 4.31 Å². The van der Waals surface area contributed by atoms with Crippen LogP contribution in [0.15, 0.2) is 94.5 Å². The summed E-state index contributed by atoms with van der Waals surface area (Å²) < 4.78 is 33.6. The van der Waals surface area contributed by atoms with Gasteiger partial charge in [-0.25, -0.2) is 13.2 Å². The molecule has 0 spiro atoms. The highest BCUT2D eigenvalue weighted by atomic mass is 35.5. The van der Waals surface area contributed by atoms with Crippen LogP contribution in [0.3, 0.4) is 0 Å². The Morgan fingerprint density at radius 3 is 2.33 bits per heavy atom. The van der Waals surface area contributed by atoms with E-state index in [1.54, 1.807) is 48.5 Å². The molecule has 0 aliphatic carbocycles. The van der Waals surface area contributed by atoms with Crippen molar-refractivity contribution in [3.05, 3.63) is 101 Å². The number of nitrogens with two attached hydrogens (primary N) is 2. The van der Waals surface area contributed by atoms with Gasteiger partial charge in [0.25, 0.3) is 0 Å². The molecule has 0 saturated heterocycles. The summed E-state index contributed by atoms with van der Waals surface area (Å²) >= 11 is 6.31. The number of carbonyl (C=O) groups excluding carboxylic acids is 2. The number of ether oxygens (including phenoxy) is 1. The number of methoxy groups -OCH3 is 1. The number of amides is 2. The van der Waals surface area contributed by atoms with Gasteiger partial charge >= 0.3 is 6.09 Å². The van der Waals surface area contributed by atoms with E-state index < -0.39 is 40.7 Å². The summed E-state index contributed by atoms with van der Waals surface area (Å²) in [6.45, 7) is -0.639. The number of anilines is 2. The first-order chi connectivity index (χ1) is 22.0. The van der Waals surface area contributed by atoms with E-state index in [0.717, 1.165) is 0 Å². The van der Waals surface area contributed by atoms with E-state index in [1.165, 1.54) is 55.1 Å². The van der Waals surface area contributed by atoms with Gasteiger partial charge in [-0.1, -0.05) is 48.0 Å². The number of halogens is 1. The van der Waals surface area contributed by atoms with Crippen molar-refractivity contribution in [2.75, 3.05) is 38.4 Å². The molecule has 7 N–H and O–H groups in total. The van der Waals surface area contributed by atoms with Gasteiger partial charge in [0.15, 0.2) is 0 Å². The second-order valence-electron chi connectivity index (χ2n) is 10.3. The minimum atomic E-state index is -4.12. The van der Waals surface area contributed by atoms with Crippen LogP contribution >= 0.6 is 11.6 Å². The predicted octanol–water partition coefficient (Wildman–Crippen LogP) is 3.36. The number of carbonyl (C=O) groups is 2. The Morgan fingerprint density at radius 1 is 1.07 bits per heavy atom. The van der Waals surface area contributed by atoms with Crippen LogP contribution in [-0.2, 0) is 32.4 Å². The molecule has 3 rings (SSSR count). The number of rotatable bonds is 15. The second-order valence-corrected chi connectivity index (χ2v) is 12.6. The van der Waals surface area contributed by atoms with E-state index in [2.05, 4.69) is 15.6 Å². The number of sulfonamides is 1. The Balaban J connectivity index is 1.88. The number of para-hydroxylation sites is 1. The van der Waals surface area contributed by atoms with Gasteiger partial charge in [-0.3, -0.25) is 9.79 Å². The number of alkyl carbamates (subject to hydrolysis) is 1. The van der Waals surface area contributed by atoms with Gasteiger partial charge in [-0.05, 0) is 66.6 Å². The van der Waals surface area contributed by atoms with Crippen molar-refractivity contribution < 1.29 is 27.9 Å². The third-order valence-corrected chi connectivity index (χ3v) is 9.43. The minimum Gasteiger partial charge on any atom is -0.453 e. The van der Waals surface area contributed by atoms with Crippen molar-refractivity contribution in [1.29, 1.82) is 0 Å². The summed E-state index contributed by atoms with van der Waals surface area (Å²) in [5, 5.41) is 16.3. The average Bonchev–Trinajstić information content (AvgIpc) is 3.05. The summed E-state index contributed by atoms with van der Waals surface area (Å²) in [4.78, 5) is 29.5. The first-order valence-corrected chi connectivity index (χ1v) is 16.1. The molecule has 0 aliphatic heterocycles. The van der Waals surface area contributed by atoms with Crippen LogP contribution in [0.2, 0.25) is 5.02 Å². The van der Waals surface area contributed by atoms with Crippen LogP contribution < -0.4 is 22.1 Å². The third-order valence-electron chi connectivity index (χ3n) is 7.15. The van der Waals surface area contributed by atoms with Gasteiger partial charge in [-0.15, -0.1) is 0 Å². The minimum absolute atomic E-state index is 0.000268. The standard InChI is InChI=1S/C32H39ClN6O6S/c1-36-19-22(18-34)20-39(46(43,44)27-15-12-25(35)13-16-27)26(21-40)14-11-23-7-4-6-10-29(23)37-31(41)30(38-32(42)45-2)17-24-8-3-5-9-28(24)33/h3-10,12-13,15-16,18-19,26,30,40H,11,14,17,20-21,34-35H2,1-2H3,(H,37,41)(H,38,42)/t26-,30-/m0/s1. The molecular weight excluding hydrogens is 632 g/mol. The van der Waals surface area contributed by atoms with Gasteiger partial charge in [0.05, 0.1) is 18.6 Å². The Labute approximate surface area is 274 Å². The Morgan fingerprint density at radius 2 is 1.72 bits per heavy atom. The molecule has 0 aromatic heterocycles. The number of nitrogen functional groups attached to an aromatic ring is 1. The largest absolute Gasteiger partial charge is 0.453 e. The zero-order chi connectivity index (χ0) is 33.7. The zero-order valence-electron chi connectivity index (χ0n) is 25.6. The number of hydrogen-bond acceptors (Lipinski definition) is 9. The number of aryl methyl sites for hydroxylation is 1. The molecule has 0 saturated carbocycles. The third kappa shape index (κ3) is 9.78. The summed E-state index contributed by atoms with van der Waals surface area (Å²) in [7, 11) is -1.38. The van der Waals surface area contributed by atoms with Crippen LogP contribution in [0.5, 0.6) is 0 Å². The molecule has 12 nitrogen and oxygen atoms in total. The van der Waals surface area contributed by atoms with Gasteiger partial charge in [0.1, 0.15) is 6.04 Å². The molecular formula is C32H39ClN6O6S. The van der Waals surface area contributed by atoms with Crippen LogP contribution in [-0.4, -0.2) is 75.4 Å². The molecule has 46 heavy (non-hydrogen) atoms. The summed E-state index contributed by atoms with van der Waals surface area (Å²) in [6, 6.07) is 17.9. The maximum absolute atomic E-state index is 13.8. The maximum Gasteiger partial charge on any atom is 0.407 e. The predicted molar refractivity (Wildman–Crippen MR) is 180 cm³/mol. The van der Waals surface area contributed by atoms with Crippen LogP contribution in [0.25, 0.3) is 0 Å². The second kappa shape index (κ2) is 17.3. The molecule has 14 heteroatoms. The van der Waals surface area contributed by atoms with Crippen molar-refractivity contribution in [3.8, 4) is 0 Å². The topological polar surface area (TPSA) is 189 Å². The number of aliphatic hydroxyl groups excluding tert-OH is 1. The highest BCUT2D eigenvalue weighted by Crippen LogP contribution is 2.25. The Bertz CT molecular complexity index is 1650. The summed E-state index contributed by atoms with van der Waals surface area (Å²) in [5.41, 5.74) is 14.2. The van der Waals surface area contributed by atoms with E-state index in [4.69, 9.17) is 27.8 Å². The lowest BCUT2D eigenvalue weighted by Crippen LogP contribution is -2.45. The highest BCUT2D eigenvalue weighted by molar-refractivity contribution is 7.89. The van der Waals surface area contributed by atoms with Crippen LogP contribution in [0.1, 0.15) is 17.5 Å². The number of nitrogens with one attached hydrogen (secondary N) is 2. The van der Waals surface area contributed by atoms with E-state index in [9.17, 15) is 23.1 Å². The Kier molecular flexibility index (Phi) is 13.6. The first-order valence-electron chi connectivity index (χ1n) is 14.3. The fraction of sp³-hybridized carbons (Fsp3) is 0.281. The molecule has 0 heterocycles. The van der Waals surface area contributed by atoms with E-state index in [0.29, 0.717) is 33.1 Å². The van der Waals surface area contributed by atoms with Crippen molar-refractivity contribution in [1.82, 2.24) is 9.62 Å². The van der Waals surface area contributed by atoms with Gasteiger partial charge < -0.3 is 31.9 Å². The molecule has 3 aromatic rings. The zero-order valence-corrected chi connectivity index (χ0v) is 27.2. The van der Waals surface area contributed by atoms with Crippen LogP contribution in [0.4, 0.5) is 16.2 Å². The fourth-order valence-corrected chi connectivity index (χ4v) is 6.54. The molecule has 2 atom stereocenters.